The Morgan fingerprint density at radius 2 is 1.66 bits per heavy atom. The highest BCUT2D eigenvalue weighted by Crippen LogP contribution is 2.26. The summed E-state index contributed by atoms with van der Waals surface area (Å²) in [6.45, 7) is 1.41. The van der Waals surface area contributed by atoms with Gasteiger partial charge in [-0.1, -0.05) is 29.2 Å². The molecule has 1 aromatic heterocycles. The van der Waals surface area contributed by atoms with E-state index in [0.29, 0.717) is 32.3 Å². The van der Waals surface area contributed by atoms with Crippen LogP contribution in [-0.4, -0.2) is 40.9 Å². The third-order valence-electron chi connectivity index (χ3n) is 3.77. The third-order valence-corrected chi connectivity index (χ3v) is 5.74. The van der Waals surface area contributed by atoms with Crippen LogP contribution in [0.2, 0.25) is 0 Å². The number of aromatic nitrogens is 2. The molecule has 0 aliphatic heterocycles. The number of benzene rings is 2. The lowest BCUT2D eigenvalue weighted by Gasteiger charge is -2.07. The number of hydrogen-bond acceptors (Lipinski definition) is 8. The molecule has 1 heterocycles. The number of carbonyl (C=O) groups is 3. The summed E-state index contributed by atoms with van der Waals surface area (Å²) < 4.78 is 5.61. The molecule has 0 bridgehead atoms. The van der Waals surface area contributed by atoms with Gasteiger partial charge in [-0.3, -0.25) is 14.9 Å². The number of carbonyl (C=O) groups excluding carboxylic acids is 3. The summed E-state index contributed by atoms with van der Waals surface area (Å²) >= 11 is 2.35. The van der Waals surface area contributed by atoms with E-state index in [9.17, 15) is 14.4 Å². The van der Waals surface area contributed by atoms with Crippen LogP contribution in [-0.2, 0) is 9.59 Å². The second-order valence-electron chi connectivity index (χ2n) is 6.28. The topological polar surface area (TPSA) is 134 Å². The average Bonchev–Trinajstić information content (AvgIpc) is 3.19. The van der Waals surface area contributed by atoms with Crippen LogP contribution in [0.3, 0.4) is 0 Å². The number of thioether (sulfide) groups is 1. The Morgan fingerprint density at radius 3 is 2.34 bits per heavy atom. The van der Waals surface area contributed by atoms with Crippen molar-refractivity contribution < 1.29 is 19.1 Å². The smallest absolute Gasteiger partial charge is 0.325 e. The van der Waals surface area contributed by atoms with E-state index in [-0.39, 0.29) is 17.6 Å². The molecule has 32 heavy (non-hydrogen) atoms. The summed E-state index contributed by atoms with van der Waals surface area (Å²) in [6, 6.07) is 13.3. The minimum Gasteiger partial charge on any atom is -0.497 e. The normalized spacial score (nSPS) is 10.2. The monoisotopic (exact) mass is 472 g/mol. The SMILES string of the molecule is COc1ccc(NC(=O)Nc2nnc(SCC(=O)Nc3cccc(NC(C)=O)c3)s2)cc1. The number of nitrogens with one attached hydrogen (secondary N) is 4. The van der Waals surface area contributed by atoms with Crippen molar-refractivity contribution in [2.75, 3.05) is 34.1 Å². The number of rotatable bonds is 8. The fourth-order valence-corrected chi connectivity index (χ4v) is 4.00. The van der Waals surface area contributed by atoms with E-state index in [1.165, 1.54) is 18.7 Å². The first kappa shape index (κ1) is 23.0. The molecule has 0 unspecified atom stereocenters. The van der Waals surface area contributed by atoms with E-state index in [1.54, 1.807) is 55.6 Å². The first-order valence-corrected chi connectivity index (χ1v) is 11.1. The molecule has 0 saturated carbocycles. The summed E-state index contributed by atoms with van der Waals surface area (Å²) in [6.07, 6.45) is 0. The predicted molar refractivity (Wildman–Crippen MR) is 126 cm³/mol. The minimum absolute atomic E-state index is 0.108. The molecule has 0 saturated heterocycles. The standard InChI is InChI=1S/C20H20N6O4S2/c1-12(27)21-14-4-3-5-15(10-14)22-17(28)11-31-20-26-25-19(32-20)24-18(29)23-13-6-8-16(30-2)9-7-13/h3-10H,11H2,1-2H3,(H,21,27)(H,22,28)(H2,23,24,25,29). The van der Waals surface area contributed by atoms with Gasteiger partial charge in [0.25, 0.3) is 0 Å². The Kier molecular flexibility index (Phi) is 8.00. The molecule has 10 nitrogen and oxygen atoms in total. The minimum atomic E-state index is -0.459. The van der Waals surface area contributed by atoms with Crippen LogP contribution < -0.4 is 26.0 Å². The Hall–Kier alpha value is -3.64. The molecule has 3 rings (SSSR count). The summed E-state index contributed by atoms with van der Waals surface area (Å²) in [7, 11) is 1.57. The van der Waals surface area contributed by atoms with E-state index in [1.807, 2.05) is 0 Å². The average molecular weight is 473 g/mol. The van der Waals surface area contributed by atoms with Crippen molar-refractivity contribution in [3.63, 3.8) is 0 Å². The van der Waals surface area contributed by atoms with Crippen LogP contribution in [0.15, 0.2) is 52.9 Å². The fraction of sp³-hybridized carbons (Fsp3) is 0.150. The van der Waals surface area contributed by atoms with E-state index in [4.69, 9.17) is 4.74 Å². The number of nitrogens with zero attached hydrogens (tertiary/aromatic N) is 2. The highest BCUT2D eigenvalue weighted by atomic mass is 32.2. The van der Waals surface area contributed by atoms with Crippen LogP contribution >= 0.6 is 23.1 Å². The van der Waals surface area contributed by atoms with Gasteiger partial charge in [0.2, 0.25) is 16.9 Å². The number of amides is 4. The van der Waals surface area contributed by atoms with Crippen molar-refractivity contribution in [3.8, 4) is 5.75 Å². The van der Waals surface area contributed by atoms with E-state index < -0.39 is 6.03 Å². The van der Waals surface area contributed by atoms with Crippen LogP contribution in [0.5, 0.6) is 5.75 Å². The van der Waals surface area contributed by atoms with Crippen molar-refractivity contribution >= 4 is 63.1 Å². The maximum atomic E-state index is 12.2. The summed E-state index contributed by atoms with van der Waals surface area (Å²) in [4.78, 5) is 35.4. The summed E-state index contributed by atoms with van der Waals surface area (Å²) in [5.41, 5.74) is 1.76. The second kappa shape index (κ2) is 11.1. The maximum Gasteiger partial charge on any atom is 0.325 e. The largest absolute Gasteiger partial charge is 0.497 e. The molecule has 3 aromatic rings. The van der Waals surface area contributed by atoms with Crippen molar-refractivity contribution in [2.24, 2.45) is 0 Å². The molecule has 0 aliphatic rings. The van der Waals surface area contributed by atoms with Gasteiger partial charge in [-0.2, -0.15) is 0 Å². The Balaban J connectivity index is 1.45. The van der Waals surface area contributed by atoms with Gasteiger partial charge >= 0.3 is 6.03 Å². The molecule has 0 radical (unpaired) electrons. The summed E-state index contributed by atoms with van der Waals surface area (Å²) in [5, 5.41) is 18.9. The van der Waals surface area contributed by atoms with Crippen LogP contribution in [0.4, 0.5) is 27.0 Å². The molecule has 12 heteroatoms. The highest BCUT2D eigenvalue weighted by Gasteiger charge is 2.11. The first-order chi connectivity index (χ1) is 15.4. The zero-order valence-corrected chi connectivity index (χ0v) is 18.8. The Bertz CT molecular complexity index is 1100. The lowest BCUT2D eigenvalue weighted by Crippen LogP contribution is -2.19. The quantitative estimate of drug-likeness (QED) is 0.289. The van der Waals surface area contributed by atoms with Crippen molar-refractivity contribution in [3.05, 3.63) is 48.5 Å². The van der Waals surface area contributed by atoms with Gasteiger partial charge in [0.05, 0.1) is 12.9 Å². The molecular weight excluding hydrogens is 452 g/mol. The number of urea groups is 1. The zero-order chi connectivity index (χ0) is 22.9. The zero-order valence-electron chi connectivity index (χ0n) is 17.2. The Morgan fingerprint density at radius 1 is 0.938 bits per heavy atom. The first-order valence-electron chi connectivity index (χ1n) is 9.27. The lowest BCUT2D eigenvalue weighted by atomic mass is 10.2. The van der Waals surface area contributed by atoms with Gasteiger partial charge < -0.3 is 20.7 Å². The molecule has 4 amide bonds. The number of methoxy groups -OCH3 is 1. The fourth-order valence-electron chi connectivity index (χ4n) is 2.45. The molecule has 0 aliphatic carbocycles. The molecular formula is C20H20N6O4S2. The van der Waals surface area contributed by atoms with E-state index in [2.05, 4.69) is 31.5 Å². The highest BCUT2D eigenvalue weighted by molar-refractivity contribution is 8.01. The van der Waals surface area contributed by atoms with Crippen LogP contribution in [0.25, 0.3) is 0 Å². The van der Waals surface area contributed by atoms with Gasteiger partial charge in [0.1, 0.15) is 5.75 Å². The lowest BCUT2D eigenvalue weighted by molar-refractivity contribution is -0.114. The molecule has 166 valence electrons. The van der Waals surface area contributed by atoms with Gasteiger partial charge in [-0.15, -0.1) is 10.2 Å². The van der Waals surface area contributed by atoms with Gasteiger partial charge in [-0.05, 0) is 42.5 Å². The number of ether oxygens (including phenoxy) is 1. The van der Waals surface area contributed by atoms with Gasteiger partial charge in [-0.25, -0.2) is 4.79 Å². The van der Waals surface area contributed by atoms with Gasteiger partial charge in [0.15, 0.2) is 4.34 Å². The summed E-state index contributed by atoms with van der Waals surface area (Å²) in [5.74, 6) is 0.363. The second-order valence-corrected chi connectivity index (χ2v) is 8.48. The molecule has 0 spiro atoms. The van der Waals surface area contributed by atoms with E-state index >= 15 is 0 Å². The Labute approximate surface area is 192 Å². The van der Waals surface area contributed by atoms with Crippen molar-refractivity contribution in [1.29, 1.82) is 0 Å². The molecule has 2 aromatic carbocycles. The molecule has 0 atom stereocenters. The van der Waals surface area contributed by atoms with E-state index in [0.717, 1.165) is 11.3 Å². The van der Waals surface area contributed by atoms with Gasteiger partial charge in [0, 0.05) is 24.0 Å². The maximum absolute atomic E-state index is 12.2. The number of anilines is 4. The van der Waals surface area contributed by atoms with Crippen LogP contribution in [0.1, 0.15) is 6.92 Å². The van der Waals surface area contributed by atoms with Crippen molar-refractivity contribution in [1.82, 2.24) is 10.2 Å². The molecule has 0 fully saturated rings. The van der Waals surface area contributed by atoms with Crippen LogP contribution in [0, 0.1) is 0 Å². The predicted octanol–water partition coefficient (Wildman–Crippen LogP) is 3.88. The third kappa shape index (κ3) is 7.25. The van der Waals surface area contributed by atoms with Crippen molar-refractivity contribution in [2.45, 2.75) is 11.3 Å². The number of hydrogen-bond donors (Lipinski definition) is 4. The molecule has 4 N–H and O–H groups in total.